The monoisotopic (exact) mass is 669 g/mol. The summed E-state index contributed by atoms with van der Waals surface area (Å²) in [6.07, 6.45) is 4.88. The number of pyridine rings is 1. The summed E-state index contributed by atoms with van der Waals surface area (Å²) in [5, 5.41) is 14.2. The van der Waals surface area contributed by atoms with Crippen LogP contribution in [-0.2, 0) is 16.9 Å². The second-order valence-corrected chi connectivity index (χ2v) is 14.3. The number of ether oxygens (including phenoxy) is 1. The molecule has 4 aromatic rings. The van der Waals surface area contributed by atoms with Crippen molar-refractivity contribution in [3.8, 4) is 5.82 Å². The van der Waals surface area contributed by atoms with Gasteiger partial charge in [-0.05, 0) is 83.9 Å². The van der Waals surface area contributed by atoms with Gasteiger partial charge in [0.05, 0.1) is 12.2 Å². The third kappa shape index (κ3) is 7.62. The van der Waals surface area contributed by atoms with Crippen molar-refractivity contribution < 1.29 is 14.6 Å². The fourth-order valence-electron chi connectivity index (χ4n) is 6.46. The second kappa shape index (κ2) is 13.6. The van der Waals surface area contributed by atoms with Gasteiger partial charge in [-0.2, -0.15) is 4.98 Å². The zero-order valence-corrected chi connectivity index (χ0v) is 29.1. The van der Waals surface area contributed by atoms with Gasteiger partial charge >= 0.3 is 6.09 Å². The largest absolute Gasteiger partial charge is 0.444 e. The number of rotatable bonds is 8. The van der Waals surface area contributed by atoms with E-state index in [-0.39, 0.29) is 18.2 Å². The van der Waals surface area contributed by atoms with Crippen molar-refractivity contribution in [2.45, 2.75) is 71.2 Å². The van der Waals surface area contributed by atoms with Gasteiger partial charge in [0.25, 0.3) is 5.56 Å². The first-order chi connectivity index (χ1) is 23.3. The minimum absolute atomic E-state index is 0.213. The highest BCUT2D eigenvalue weighted by atomic mass is 16.6. The fraction of sp³-hybridized carbons (Fsp3) is 0.472. The summed E-state index contributed by atoms with van der Waals surface area (Å²) in [6, 6.07) is 14.0. The van der Waals surface area contributed by atoms with Gasteiger partial charge in [-0.15, -0.1) is 6.58 Å². The van der Waals surface area contributed by atoms with E-state index in [1.807, 2.05) is 37.8 Å². The molecule has 5 heterocycles. The third-order valence-corrected chi connectivity index (χ3v) is 8.99. The summed E-state index contributed by atoms with van der Waals surface area (Å²) in [5.74, 6) is 0.795. The maximum absolute atomic E-state index is 13.3. The quantitative estimate of drug-likeness (QED) is 0.255. The molecule has 2 aliphatic heterocycles. The normalized spacial score (nSPS) is 16.6. The summed E-state index contributed by atoms with van der Waals surface area (Å²) in [6.45, 7) is 18.4. The molecule has 260 valence electrons. The van der Waals surface area contributed by atoms with Gasteiger partial charge < -0.3 is 25.0 Å². The molecule has 49 heavy (non-hydrogen) atoms. The number of anilines is 3. The molecule has 0 unspecified atom stereocenters. The van der Waals surface area contributed by atoms with Gasteiger partial charge in [-0.25, -0.2) is 24.1 Å². The highest BCUT2D eigenvalue weighted by Crippen LogP contribution is 2.26. The molecule has 0 atom stereocenters. The molecule has 13 heteroatoms. The minimum atomic E-state index is -1.16. The first-order valence-electron chi connectivity index (χ1n) is 16.9. The molecule has 1 aromatic carbocycles. The Hall–Kier alpha value is -4.75. The van der Waals surface area contributed by atoms with E-state index in [0.29, 0.717) is 34.5 Å². The molecule has 0 saturated carbocycles. The third-order valence-electron chi connectivity index (χ3n) is 8.99. The Morgan fingerprint density at radius 2 is 1.69 bits per heavy atom. The number of benzene rings is 1. The molecule has 3 aromatic heterocycles. The smallest absolute Gasteiger partial charge is 0.410 e. The molecule has 0 spiro atoms. The lowest BCUT2D eigenvalue weighted by Gasteiger charge is -2.43. The second-order valence-electron chi connectivity index (χ2n) is 14.3. The van der Waals surface area contributed by atoms with Gasteiger partial charge in [0.1, 0.15) is 16.6 Å². The Kier molecular flexibility index (Phi) is 9.50. The number of allylic oxidation sites excluding steroid dienone is 1. The average Bonchev–Trinajstić information content (AvgIpc) is 3.34. The van der Waals surface area contributed by atoms with Crippen molar-refractivity contribution >= 4 is 34.4 Å². The number of nitrogens with zero attached hydrogens (tertiary/aromatic N) is 8. The summed E-state index contributed by atoms with van der Waals surface area (Å²) < 4.78 is 8.71. The van der Waals surface area contributed by atoms with Crippen molar-refractivity contribution in [1.82, 2.24) is 34.1 Å². The number of fused-ring (bicyclic) bond motifs is 1. The number of aliphatic hydroxyl groups is 1. The van der Waals surface area contributed by atoms with E-state index in [1.54, 1.807) is 42.8 Å². The molecular weight excluding hydrogens is 622 g/mol. The molecule has 0 aliphatic carbocycles. The fourth-order valence-corrected chi connectivity index (χ4v) is 6.46. The number of carbonyl (C=O) groups is 1. The summed E-state index contributed by atoms with van der Waals surface area (Å²) in [7, 11) is 0. The Labute approximate surface area is 286 Å². The molecule has 6 rings (SSSR count). The van der Waals surface area contributed by atoms with Crippen LogP contribution in [0.1, 0.15) is 53.2 Å². The van der Waals surface area contributed by atoms with E-state index < -0.39 is 11.2 Å². The van der Waals surface area contributed by atoms with Crippen LogP contribution in [0.15, 0.2) is 66.1 Å². The minimum Gasteiger partial charge on any atom is -0.444 e. The topological polar surface area (TPSA) is 134 Å². The Bertz CT molecular complexity index is 1850. The lowest BCUT2D eigenvalue weighted by Crippen LogP contribution is -2.54. The molecule has 2 saturated heterocycles. The van der Waals surface area contributed by atoms with Crippen LogP contribution in [0.3, 0.4) is 0 Å². The Morgan fingerprint density at radius 3 is 2.33 bits per heavy atom. The maximum atomic E-state index is 13.3. The predicted molar refractivity (Wildman–Crippen MR) is 191 cm³/mol. The van der Waals surface area contributed by atoms with E-state index in [0.717, 1.165) is 63.5 Å². The number of hydrogen-bond acceptors (Lipinski definition) is 10. The highest BCUT2D eigenvalue weighted by Gasteiger charge is 2.31. The van der Waals surface area contributed by atoms with Gasteiger partial charge in [0, 0.05) is 62.9 Å². The molecule has 0 radical (unpaired) electrons. The molecule has 0 bridgehead atoms. The number of nitrogens with one attached hydrogen (secondary N) is 1. The summed E-state index contributed by atoms with van der Waals surface area (Å²) in [4.78, 5) is 46.4. The van der Waals surface area contributed by atoms with Crippen LogP contribution in [0.4, 0.5) is 22.1 Å². The number of piperazine rings is 1. The van der Waals surface area contributed by atoms with Crippen LogP contribution in [0, 0.1) is 0 Å². The first kappa shape index (κ1) is 34.1. The molecule has 2 fully saturated rings. The molecule has 1 amide bonds. The lowest BCUT2D eigenvalue weighted by molar-refractivity contribution is 0.0140. The predicted octanol–water partition coefficient (Wildman–Crippen LogP) is 4.66. The maximum Gasteiger partial charge on any atom is 0.410 e. The zero-order valence-electron chi connectivity index (χ0n) is 29.1. The molecule has 2 aliphatic rings. The standard InChI is InChI=1S/C36H47N9O4/c1-7-17-44-32(46)28-24-37-33(40-31(28)45(44)30-10-8-9-29(39-30)36(5,6)48)38-25-11-13-26(14-12-25)41-20-22-42(23-21-41)27-15-18-43(19-16-27)34(47)49-35(2,3)4/h7-14,24,27,48H,1,15-23H2,2-6H3,(H,37,38,40). The van der Waals surface area contributed by atoms with Crippen molar-refractivity contribution in [3.63, 3.8) is 0 Å². The number of carbonyl (C=O) groups excluding carboxylic acids is 1. The summed E-state index contributed by atoms with van der Waals surface area (Å²) in [5.41, 5.74) is 0.943. The Balaban J connectivity index is 1.11. The zero-order chi connectivity index (χ0) is 34.9. The van der Waals surface area contributed by atoms with Crippen LogP contribution in [0.25, 0.3) is 16.9 Å². The summed E-state index contributed by atoms with van der Waals surface area (Å²) >= 11 is 0. The van der Waals surface area contributed by atoms with Crippen LogP contribution < -0.4 is 15.8 Å². The van der Waals surface area contributed by atoms with Gasteiger partial charge in [-0.1, -0.05) is 12.1 Å². The highest BCUT2D eigenvalue weighted by molar-refractivity contribution is 5.77. The van der Waals surface area contributed by atoms with Crippen LogP contribution in [0.5, 0.6) is 0 Å². The van der Waals surface area contributed by atoms with Crippen LogP contribution >= 0.6 is 0 Å². The number of likely N-dealkylation sites (tertiary alicyclic amines) is 1. The van der Waals surface area contributed by atoms with E-state index in [9.17, 15) is 14.7 Å². The molecule has 13 nitrogen and oxygen atoms in total. The molecule has 2 N–H and O–H groups in total. The van der Waals surface area contributed by atoms with Crippen molar-refractivity contribution in [1.29, 1.82) is 0 Å². The van der Waals surface area contributed by atoms with Crippen LogP contribution in [0.2, 0.25) is 0 Å². The number of amides is 1. The van der Waals surface area contributed by atoms with Gasteiger partial charge in [-0.3, -0.25) is 9.69 Å². The number of aromatic nitrogens is 5. The van der Waals surface area contributed by atoms with Gasteiger partial charge in [0.2, 0.25) is 5.95 Å². The number of hydrogen-bond donors (Lipinski definition) is 2. The first-order valence-corrected chi connectivity index (χ1v) is 16.9. The lowest BCUT2D eigenvalue weighted by atomic mass is 10.0. The Morgan fingerprint density at radius 1 is 1.00 bits per heavy atom. The average molecular weight is 670 g/mol. The van der Waals surface area contributed by atoms with E-state index in [1.165, 1.54) is 10.9 Å². The van der Waals surface area contributed by atoms with Crippen molar-refractivity contribution in [2.24, 2.45) is 0 Å². The van der Waals surface area contributed by atoms with E-state index in [2.05, 4.69) is 43.8 Å². The SMILES string of the molecule is C=CCn1c(=O)c2cnc(Nc3ccc(N4CCN(C5CCN(C(=O)OC(C)(C)C)CC5)CC4)cc3)nc2n1-c1cccc(C(C)(C)O)n1. The van der Waals surface area contributed by atoms with Crippen molar-refractivity contribution in [2.75, 3.05) is 49.5 Å². The van der Waals surface area contributed by atoms with Gasteiger partial charge in [0.15, 0.2) is 11.5 Å². The van der Waals surface area contributed by atoms with E-state index >= 15 is 0 Å². The number of piperidine rings is 1. The van der Waals surface area contributed by atoms with Crippen molar-refractivity contribution in [3.05, 3.63) is 77.4 Å². The van der Waals surface area contributed by atoms with E-state index in [4.69, 9.17) is 9.72 Å². The molecular formula is C36H47N9O4. The van der Waals surface area contributed by atoms with Crippen LogP contribution in [-0.4, -0.2) is 96.2 Å².